The Bertz CT molecular complexity index is 902. The summed E-state index contributed by atoms with van der Waals surface area (Å²) in [4.78, 5) is 21.5. The Labute approximate surface area is 147 Å². The molecule has 0 bridgehead atoms. The number of hydrogen-bond acceptors (Lipinski definition) is 3. The zero-order valence-electron chi connectivity index (χ0n) is 14.6. The van der Waals surface area contributed by atoms with Gasteiger partial charge in [-0.2, -0.15) is 0 Å². The molecular formula is C20H22N4O. The average molecular weight is 334 g/mol. The van der Waals surface area contributed by atoms with Gasteiger partial charge in [0.15, 0.2) is 0 Å². The molecule has 1 aliphatic heterocycles. The molecule has 1 aromatic heterocycles. The number of likely N-dealkylation sites (N-methyl/N-ethyl adjacent to an activating group) is 1. The van der Waals surface area contributed by atoms with Crippen molar-refractivity contribution in [2.75, 3.05) is 32.1 Å². The normalized spacial score (nSPS) is 17.0. The van der Waals surface area contributed by atoms with E-state index in [2.05, 4.69) is 36.2 Å². The van der Waals surface area contributed by atoms with Crippen LogP contribution in [-0.2, 0) is 0 Å². The second-order valence-corrected chi connectivity index (χ2v) is 6.70. The number of carbonyl (C=O) groups excluding carboxylic acids is 1. The molecule has 3 aromatic rings. The molecule has 0 spiro atoms. The minimum Gasteiger partial charge on any atom is -0.375 e. The van der Waals surface area contributed by atoms with Crippen molar-refractivity contribution in [3.05, 3.63) is 60.4 Å². The van der Waals surface area contributed by atoms with Crippen molar-refractivity contribution in [3.63, 3.8) is 0 Å². The lowest BCUT2D eigenvalue weighted by Gasteiger charge is -2.31. The van der Waals surface area contributed by atoms with Gasteiger partial charge in [-0.15, -0.1) is 0 Å². The average Bonchev–Trinajstić information content (AvgIpc) is 3.04. The summed E-state index contributed by atoms with van der Waals surface area (Å²) in [5, 5.41) is 0. The van der Waals surface area contributed by atoms with Crippen molar-refractivity contribution in [1.29, 1.82) is 0 Å². The number of imidazole rings is 1. The maximum absolute atomic E-state index is 12.6. The molecule has 1 atom stereocenters. The highest BCUT2D eigenvalue weighted by Crippen LogP contribution is 2.30. The first-order valence-electron chi connectivity index (χ1n) is 8.64. The Hall–Kier alpha value is -2.82. The summed E-state index contributed by atoms with van der Waals surface area (Å²) < 4.78 is 1.78. The third kappa shape index (κ3) is 2.76. The van der Waals surface area contributed by atoms with Crippen molar-refractivity contribution in [2.24, 2.45) is 0 Å². The van der Waals surface area contributed by atoms with Crippen LogP contribution in [0.2, 0.25) is 0 Å². The minimum absolute atomic E-state index is 0.0105. The predicted molar refractivity (Wildman–Crippen MR) is 100 cm³/mol. The molecule has 5 nitrogen and oxygen atoms in total. The van der Waals surface area contributed by atoms with Gasteiger partial charge in [-0.05, 0) is 30.7 Å². The van der Waals surface area contributed by atoms with Gasteiger partial charge in [0, 0.05) is 38.8 Å². The maximum Gasteiger partial charge on any atom is 0.329 e. The van der Waals surface area contributed by atoms with Crippen LogP contribution >= 0.6 is 0 Å². The number of fused-ring (bicyclic) bond motifs is 3. The van der Waals surface area contributed by atoms with E-state index in [4.69, 9.17) is 4.98 Å². The standard InChI is InChI=1S/C20H22N4O/c1-22(16-8-4-3-5-9-16)13-12-15-14-23(2)20(25)24-18-11-7-6-10-17(18)21-19(15)24/h3-11,15H,12-14H2,1-2H3. The highest BCUT2D eigenvalue weighted by atomic mass is 16.2. The minimum atomic E-state index is 0.0105. The van der Waals surface area contributed by atoms with Crippen molar-refractivity contribution in [1.82, 2.24) is 14.5 Å². The quantitative estimate of drug-likeness (QED) is 0.732. The SMILES string of the molecule is CN1CC(CCN(C)c2ccccc2)c2nc3ccccc3n2C1=O. The molecule has 0 saturated carbocycles. The Balaban J connectivity index is 1.61. The van der Waals surface area contributed by atoms with E-state index in [0.717, 1.165) is 29.8 Å². The maximum atomic E-state index is 12.6. The van der Waals surface area contributed by atoms with Gasteiger partial charge in [0.1, 0.15) is 5.82 Å². The largest absolute Gasteiger partial charge is 0.375 e. The second kappa shape index (κ2) is 6.24. The van der Waals surface area contributed by atoms with Gasteiger partial charge in [-0.3, -0.25) is 0 Å². The number of anilines is 1. The molecule has 128 valence electrons. The summed E-state index contributed by atoms with van der Waals surface area (Å²) in [6, 6.07) is 18.2. The molecule has 2 heterocycles. The highest BCUT2D eigenvalue weighted by molar-refractivity contribution is 5.91. The molecule has 0 saturated heterocycles. The van der Waals surface area contributed by atoms with Crippen LogP contribution < -0.4 is 4.90 Å². The lowest BCUT2D eigenvalue weighted by Crippen LogP contribution is -2.42. The van der Waals surface area contributed by atoms with E-state index in [1.54, 1.807) is 9.47 Å². The van der Waals surface area contributed by atoms with E-state index >= 15 is 0 Å². The van der Waals surface area contributed by atoms with E-state index in [1.165, 1.54) is 5.69 Å². The lowest BCUT2D eigenvalue weighted by atomic mass is 10.0. The van der Waals surface area contributed by atoms with Gasteiger partial charge in [-0.1, -0.05) is 30.3 Å². The fourth-order valence-corrected chi connectivity index (χ4v) is 3.56. The Morgan fingerprint density at radius 2 is 1.84 bits per heavy atom. The smallest absolute Gasteiger partial charge is 0.329 e. The molecule has 2 aromatic carbocycles. The first-order valence-corrected chi connectivity index (χ1v) is 8.64. The van der Waals surface area contributed by atoms with Crippen LogP contribution in [0.25, 0.3) is 11.0 Å². The number of rotatable bonds is 4. The van der Waals surface area contributed by atoms with Crippen LogP contribution in [0, 0.1) is 0 Å². The van der Waals surface area contributed by atoms with Gasteiger partial charge < -0.3 is 9.80 Å². The third-order valence-electron chi connectivity index (χ3n) is 4.97. The van der Waals surface area contributed by atoms with Crippen LogP contribution in [-0.4, -0.2) is 47.7 Å². The molecule has 4 rings (SSSR count). The zero-order valence-corrected chi connectivity index (χ0v) is 14.6. The number of carbonyl (C=O) groups is 1. The highest BCUT2D eigenvalue weighted by Gasteiger charge is 2.32. The first kappa shape index (κ1) is 15.7. The van der Waals surface area contributed by atoms with E-state index in [9.17, 15) is 4.79 Å². The third-order valence-corrected chi connectivity index (χ3v) is 4.97. The first-order chi connectivity index (χ1) is 12.1. The Morgan fingerprint density at radius 1 is 1.12 bits per heavy atom. The monoisotopic (exact) mass is 334 g/mol. The number of para-hydroxylation sites is 3. The zero-order chi connectivity index (χ0) is 17.4. The molecular weight excluding hydrogens is 312 g/mol. The summed E-state index contributed by atoms with van der Waals surface area (Å²) in [6.45, 7) is 1.63. The lowest BCUT2D eigenvalue weighted by molar-refractivity contribution is 0.197. The number of aromatic nitrogens is 2. The topological polar surface area (TPSA) is 41.4 Å². The molecule has 1 aliphatic rings. The fourth-order valence-electron chi connectivity index (χ4n) is 3.56. The van der Waals surface area contributed by atoms with Crippen LogP contribution in [0.4, 0.5) is 10.5 Å². The molecule has 1 amide bonds. The van der Waals surface area contributed by atoms with Crippen molar-refractivity contribution >= 4 is 22.8 Å². The Kier molecular flexibility index (Phi) is 3.92. The molecule has 1 unspecified atom stereocenters. The number of hydrogen-bond donors (Lipinski definition) is 0. The van der Waals surface area contributed by atoms with Gasteiger partial charge in [0.2, 0.25) is 0 Å². The predicted octanol–water partition coefficient (Wildman–Crippen LogP) is 3.56. The molecule has 0 radical (unpaired) electrons. The summed E-state index contributed by atoms with van der Waals surface area (Å²) in [6.07, 6.45) is 0.951. The summed E-state index contributed by atoms with van der Waals surface area (Å²) in [5.41, 5.74) is 2.99. The van der Waals surface area contributed by atoms with Crippen LogP contribution in [0.1, 0.15) is 18.2 Å². The van der Waals surface area contributed by atoms with Gasteiger partial charge in [0.25, 0.3) is 0 Å². The van der Waals surface area contributed by atoms with Crippen LogP contribution in [0.5, 0.6) is 0 Å². The summed E-state index contributed by atoms with van der Waals surface area (Å²) >= 11 is 0. The molecule has 0 fully saturated rings. The van der Waals surface area contributed by atoms with Crippen molar-refractivity contribution in [2.45, 2.75) is 12.3 Å². The van der Waals surface area contributed by atoms with E-state index < -0.39 is 0 Å². The number of nitrogens with zero attached hydrogens (tertiary/aromatic N) is 4. The number of amides is 1. The van der Waals surface area contributed by atoms with Crippen LogP contribution in [0.15, 0.2) is 54.6 Å². The summed E-state index contributed by atoms with van der Waals surface area (Å²) in [5.74, 6) is 1.13. The van der Waals surface area contributed by atoms with Gasteiger partial charge in [-0.25, -0.2) is 14.3 Å². The van der Waals surface area contributed by atoms with Crippen molar-refractivity contribution in [3.8, 4) is 0 Å². The fraction of sp³-hybridized carbons (Fsp3) is 0.300. The number of benzene rings is 2. The Morgan fingerprint density at radius 3 is 2.64 bits per heavy atom. The van der Waals surface area contributed by atoms with Gasteiger partial charge >= 0.3 is 6.03 Å². The van der Waals surface area contributed by atoms with E-state index in [1.807, 2.05) is 37.4 Å². The van der Waals surface area contributed by atoms with Crippen molar-refractivity contribution < 1.29 is 4.79 Å². The van der Waals surface area contributed by atoms with E-state index in [0.29, 0.717) is 6.54 Å². The second-order valence-electron chi connectivity index (χ2n) is 6.70. The molecule has 0 N–H and O–H groups in total. The molecule has 5 heteroatoms. The van der Waals surface area contributed by atoms with Crippen LogP contribution in [0.3, 0.4) is 0 Å². The molecule has 0 aliphatic carbocycles. The van der Waals surface area contributed by atoms with E-state index in [-0.39, 0.29) is 11.9 Å². The summed E-state index contributed by atoms with van der Waals surface area (Å²) in [7, 11) is 3.98. The van der Waals surface area contributed by atoms with Gasteiger partial charge in [0.05, 0.1) is 11.0 Å². The molecule has 25 heavy (non-hydrogen) atoms.